The maximum Gasteiger partial charge on any atom is 0.0224 e. The Kier molecular flexibility index (Phi) is 5.05. The summed E-state index contributed by atoms with van der Waals surface area (Å²) in [6, 6.07) is 2.23. The van der Waals surface area contributed by atoms with Gasteiger partial charge in [0.25, 0.3) is 0 Å². The molecule has 3 nitrogen and oxygen atoms in total. The maximum atomic E-state index is 2.76. The first-order valence-corrected chi connectivity index (χ1v) is 7.84. The molecule has 2 heterocycles. The first-order chi connectivity index (χ1) is 8.61. The van der Waals surface area contributed by atoms with Crippen LogP contribution in [0.5, 0.6) is 0 Å². The molecule has 2 fully saturated rings. The van der Waals surface area contributed by atoms with E-state index in [1.165, 1.54) is 52.1 Å². The fourth-order valence-electron chi connectivity index (χ4n) is 3.72. The predicted molar refractivity (Wildman–Crippen MR) is 78.0 cm³/mol. The van der Waals surface area contributed by atoms with Crippen molar-refractivity contribution >= 4 is 0 Å². The van der Waals surface area contributed by atoms with Crippen LogP contribution in [0, 0.1) is 0 Å². The van der Waals surface area contributed by atoms with Gasteiger partial charge in [-0.25, -0.2) is 0 Å². The normalized spacial score (nSPS) is 33.2. The van der Waals surface area contributed by atoms with E-state index in [1.807, 2.05) is 0 Å². The van der Waals surface area contributed by atoms with Crippen LogP contribution in [0.3, 0.4) is 0 Å². The second kappa shape index (κ2) is 6.36. The van der Waals surface area contributed by atoms with Gasteiger partial charge in [0, 0.05) is 44.3 Å². The number of likely N-dealkylation sites (N-methyl/N-ethyl adjacent to an activating group) is 1. The average molecular weight is 253 g/mol. The van der Waals surface area contributed by atoms with E-state index in [9.17, 15) is 0 Å². The highest BCUT2D eigenvalue weighted by Crippen LogP contribution is 2.20. The van der Waals surface area contributed by atoms with Crippen LogP contribution in [-0.2, 0) is 0 Å². The van der Waals surface area contributed by atoms with E-state index in [0.717, 1.165) is 12.1 Å². The molecule has 2 aliphatic rings. The van der Waals surface area contributed by atoms with E-state index in [0.29, 0.717) is 6.04 Å². The number of rotatable bonds is 3. The molecular formula is C15H31N3. The van der Waals surface area contributed by atoms with Gasteiger partial charge in [0.15, 0.2) is 0 Å². The molecular weight excluding hydrogens is 222 g/mol. The minimum atomic E-state index is 0.695. The Morgan fingerprint density at radius 1 is 1.11 bits per heavy atom. The molecule has 2 saturated heterocycles. The summed E-state index contributed by atoms with van der Waals surface area (Å²) in [4.78, 5) is 8.02. The highest BCUT2D eigenvalue weighted by Gasteiger charge is 2.31. The summed E-state index contributed by atoms with van der Waals surface area (Å²) in [5.41, 5.74) is 0. The van der Waals surface area contributed by atoms with Crippen LogP contribution < -0.4 is 0 Å². The quantitative estimate of drug-likeness (QED) is 0.760. The Morgan fingerprint density at radius 3 is 2.50 bits per heavy atom. The zero-order valence-electron chi connectivity index (χ0n) is 12.7. The molecule has 0 aromatic rings. The van der Waals surface area contributed by atoms with Crippen molar-refractivity contribution < 1.29 is 0 Å². The number of likely N-dealkylation sites (tertiary alicyclic amines) is 1. The summed E-state index contributed by atoms with van der Waals surface area (Å²) >= 11 is 0. The largest absolute Gasteiger partial charge is 0.302 e. The Balaban J connectivity index is 1.87. The monoisotopic (exact) mass is 253 g/mol. The smallest absolute Gasteiger partial charge is 0.0224 e. The first kappa shape index (κ1) is 14.3. The molecule has 2 rings (SSSR count). The van der Waals surface area contributed by atoms with Crippen molar-refractivity contribution in [3.63, 3.8) is 0 Å². The van der Waals surface area contributed by atoms with Crippen LogP contribution in [0.25, 0.3) is 0 Å². The zero-order chi connectivity index (χ0) is 13.1. The molecule has 0 spiro atoms. The van der Waals surface area contributed by atoms with Gasteiger partial charge in [0.1, 0.15) is 0 Å². The van der Waals surface area contributed by atoms with E-state index in [-0.39, 0.29) is 0 Å². The lowest BCUT2D eigenvalue weighted by molar-refractivity contribution is 0.0140. The molecule has 0 bridgehead atoms. The van der Waals surface area contributed by atoms with E-state index < -0.39 is 0 Å². The van der Waals surface area contributed by atoms with Gasteiger partial charge in [0.05, 0.1) is 0 Å². The van der Waals surface area contributed by atoms with Gasteiger partial charge in [-0.1, -0.05) is 6.92 Å². The molecule has 0 saturated carbocycles. The van der Waals surface area contributed by atoms with E-state index in [4.69, 9.17) is 0 Å². The second-order valence-corrected chi connectivity index (χ2v) is 6.36. The molecule has 106 valence electrons. The maximum absolute atomic E-state index is 2.76. The van der Waals surface area contributed by atoms with Crippen LogP contribution in [0.2, 0.25) is 0 Å². The highest BCUT2D eigenvalue weighted by molar-refractivity contribution is 4.87. The summed E-state index contributed by atoms with van der Waals surface area (Å²) in [6.07, 6.45) is 2.79. The molecule has 0 aromatic carbocycles. The average Bonchev–Trinajstić information content (AvgIpc) is 2.38. The molecule has 2 aliphatic heterocycles. The van der Waals surface area contributed by atoms with Gasteiger partial charge >= 0.3 is 0 Å². The predicted octanol–water partition coefficient (Wildman–Crippen LogP) is 1.89. The number of hydrogen-bond acceptors (Lipinski definition) is 3. The van der Waals surface area contributed by atoms with Gasteiger partial charge in [-0.05, 0) is 46.7 Å². The van der Waals surface area contributed by atoms with Gasteiger partial charge in [0.2, 0.25) is 0 Å². The molecule has 2 atom stereocenters. The lowest BCUT2D eigenvalue weighted by Gasteiger charge is -2.47. The summed E-state index contributed by atoms with van der Waals surface area (Å²) in [5.74, 6) is 0. The molecule has 0 aromatic heterocycles. The van der Waals surface area contributed by atoms with Crippen LogP contribution in [-0.4, -0.2) is 72.1 Å². The third-order valence-corrected chi connectivity index (χ3v) is 4.82. The van der Waals surface area contributed by atoms with E-state index in [1.54, 1.807) is 0 Å². The van der Waals surface area contributed by atoms with Crippen molar-refractivity contribution in [3.05, 3.63) is 0 Å². The number of nitrogens with zero attached hydrogens (tertiary/aromatic N) is 3. The lowest BCUT2D eigenvalue weighted by atomic mass is 10.0. The van der Waals surface area contributed by atoms with Crippen molar-refractivity contribution in [3.8, 4) is 0 Å². The SMILES string of the molecule is CCN1CCC[C@@H](N2CCN(C(C)C)[C@@H](C)C2)C1. The van der Waals surface area contributed by atoms with Gasteiger partial charge < -0.3 is 4.90 Å². The van der Waals surface area contributed by atoms with Gasteiger partial charge in [-0.2, -0.15) is 0 Å². The Bertz CT molecular complexity index is 254. The van der Waals surface area contributed by atoms with Gasteiger partial charge in [-0.15, -0.1) is 0 Å². The van der Waals surface area contributed by atoms with Crippen molar-refractivity contribution in [2.75, 3.05) is 39.3 Å². The topological polar surface area (TPSA) is 9.72 Å². The summed E-state index contributed by atoms with van der Waals surface area (Å²) in [7, 11) is 0. The summed E-state index contributed by atoms with van der Waals surface area (Å²) in [5, 5.41) is 0. The molecule has 0 radical (unpaired) electrons. The molecule has 0 unspecified atom stereocenters. The third-order valence-electron chi connectivity index (χ3n) is 4.82. The Hall–Kier alpha value is -0.120. The first-order valence-electron chi connectivity index (χ1n) is 7.84. The molecule has 3 heteroatoms. The lowest BCUT2D eigenvalue weighted by Crippen LogP contribution is -2.59. The number of piperidine rings is 1. The van der Waals surface area contributed by atoms with E-state index in [2.05, 4.69) is 42.4 Å². The minimum absolute atomic E-state index is 0.695. The molecule has 0 N–H and O–H groups in total. The molecule has 0 amide bonds. The standard InChI is InChI=1S/C15H31N3/c1-5-16-8-6-7-15(12-16)17-9-10-18(13(2)3)14(4)11-17/h13-15H,5-12H2,1-4H3/t14-,15+/m0/s1. The highest BCUT2D eigenvalue weighted by atomic mass is 15.3. The Morgan fingerprint density at radius 2 is 1.89 bits per heavy atom. The van der Waals surface area contributed by atoms with Crippen molar-refractivity contribution in [2.24, 2.45) is 0 Å². The van der Waals surface area contributed by atoms with Crippen molar-refractivity contribution in [2.45, 2.75) is 58.7 Å². The molecule has 18 heavy (non-hydrogen) atoms. The zero-order valence-corrected chi connectivity index (χ0v) is 12.7. The van der Waals surface area contributed by atoms with Crippen molar-refractivity contribution in [1.82, 2.24) is 14.7 Å². The van der Waals surface area contributed by atoms with Crippen LogP contribution in [0.4, 0.5) is 0 Å². The van der Waals surface area contributed by atoms with Crippen LogP contribution in [0.1, 0.15) is 40.5 Å². The van der Waals surface area contributed by atoms with Crippen LogP contribution in [0.15, 0.2) is 0 Å². The van der Waals surface area contributed by atoms with E-state index >= 15 is 0 Å². The minimum Gasteiger partial charge on any atom is -0.302 e. The molecule has 0 aliphatic carbocycles. The fourth-order valence-corrected chi connectivity index (χ4v) is 3.72. The number of piperazine rings is 1. The van der Waals surface area contributed by atoms with Crippen molar-refractivity contribution in [1.29, 1.82) is 0 Å². The van der Waals surface area contributed by atoms with Gasteiger partial charge in [-0.3, -0.25) is 9.80 Å². The Labute approximate surface area is 113 Å². The van der Waals surface area contributed by atoms with Crippen LogP contribution >= 0.6 is 0 Å². The summed E-state index contributed by atoms with van der Waals surface area (Å²) < 4.78 is 0. The fraction of sp³-hybridized carbons (Fsp3) is 1.00. The third kappa shape index (κ3) is 3.25. The summed E-state index contributed by atoms with van der Waals surface area (Å²) in [6.45, 7) is 17.0. The second-order valence-electron chi connectivity index (χ2n) is 6.36. The number of hydrogen-bond donors (Lipinski definition) is 0.